The predicted octanol–water partition coefficient (Wildman–Crippen LogP) is 5.04. The van der Waals surface area contributed by atoms with Gasteiger partial charge in [-0.1, -0.05) is 42.1 Å². The van der Waals surface area contributed by atoms with Crippen molar-refractivity contribution in [2.45, 2.75) is 18.5 Å². The first kappa shape index (κ1) is 21.2. The Hall–Kier alpha value is -3.65. The number of hydrogen-bond acceptors (Lipinski definition) is 5. The van der Waals surface area contributed by atoms with Crippen LogP contribution in [-0.4, -0.2) is 31.5 Å². The van der Waals surface area contributed by atoms with E-state index in [9.17, 15) is 9.18 Å². The summed E-state index contributed by atoms with van der Waals surface area (Å²) in [5, 5.41) is 10.1. The first-order valence-electron chi connectivity index (χ1n) is 10.6. The molecule has 0 unspecified atom stereocenters. The van der Waals surface area contributed by atoms with Crippen LogP contribution in [0.2, 0.25) is 0 Å². The van der Waals surface area contributed by atoms with Gasteiger partial charge >= 0.3 is 0 Å². The molecule has 0 fully saturated rings. The molecular formula is C25H21FN4O2S. The van der Waals surface area contributed by atoms with Gasteiger partial charge in [-0.2, -0.15) is 0 Å². The number of rotatable bonds is 7. The molecule has 0 aliphatic carbocycles. The summed E-state index contributed by atoms with van der Waals surface area (Å²) >= 11 is 1.56. The van der Waals surface area contributed by atoms with Gasteiger partial charge in [0.25, 0.3) is 5.56 Å². The molecule has 8 heteroatoms. The van der Waals surface area contributed by atoms with Crippen molar-refractivity contribution in [3.05, 3.63) is 94.5 Å². The van der Waals surface area contributed by atoms with Gasteiger partial charge < -0.3 is 4.74 Å². The largest absolute Gasteiger partial charge is 0.494 e. The van der Waals surface area contributed by atoms with E-state index in [0.717, 1.165) is 28.9 Å². The summed E-state index contributed by atoms with van der Waals surface area (Å²) in [5.74, 6) is 1.59. The smallest absolute Gasteiger partial charge is 0.267 e. The van der Waals surface area contributed by atoms with Crippen LogP contribution in [-0.2, 0) is 0 Å². The highest BCUT2D eigenvalue weighted by atomic mass is 32.2. The van der Waals surface area contributed by atoms with Crippen LogP contribution in [0.3, 0.4) is 0 Å². The Labute approximate surface area is 193 Å². The van der Waals surface area contributed by atoms with Crippen molar-refractivity contribution in [3.8, 4) is 11.4 Å². The van der Waals surface area contributed by atoms with E-state index in [1.807, 2.05) is 59.9 Å². The maximum Gasteiger partial charge on any atom is 0.267 e. The third-order valence-electron chi connectivity index (χ3n) is 5.35. The molecule has 0 atom stereocenters. The highest BCUT2D eigenvalue weighted by Gasteiger charge is 2.18. The molecule has 0 N–H and O–H groups in total. The molecule has 0 spiro atoms. The summed E-state index contributed by atoms with van der Waals surface area (Å²) in [6.45, 7) is 2.48. The zero-order valence-electron chi connectivity index (χ0n) is 17.9. The van der Waals surface area contributed by atoms with E-state index in [4.69, 9.17) is 4.74 Å². The molecule has 5 aromatic rings. The van der Waals surface area contributed by atoms with Crippen molar-refractivity contribution >= 4 is 28.4 Å². The summed E-state index contributed by atoms with van der Waals surface area (Å²) in [7, 11) is 0. The Balaban J connectivity index is 1.45. The number of thioether (sulfide) groups is 1. The molecule has 166 valence electrons. The summed E-state index contributed by atoms with van der Waals surface area (Å²) in [6.07, 6.45) is 0.770. The van der Waals surface area contributed by atoms with Gasteiger partial charge in [0.05, 0.1) is 23.2 Å². The minimum Gasteiger partial charge on any atom is -0.494 e. The van der Waals surface area contributed by atoms with Crippen LogP contribution in [0, 0.1) is 12.7 Å². The number of hydrogen-bond donors (Lipinski definition) is 0. The number of ether oxygens (including phenoxy) is 1. The molecule has 3 aromatic carbocycles. The van der Waals surface area contributed by atoms with Crippen molar-refractivity contribution in [3.63, 3.8) is 0 Å². The number of nitrogens with zero attached hydrogens (tertiary/aromatic N) is 4. The first-order valence-corrected chi connectivity index (χ1v) is 11.6. The fourth-order valence-electron chi connectivity index (χ4n) is 3.75. The quantitative estimate of drug-likeness (QED) is 0.251. The van der Waals surface area contributed by atoms with Gasteiger partial charge in [-0.05, 0) is 61.4 Å². The van der Waals surface area contributed by atoms with Crippen molar-refractivity contribution < 1.29 is 9.13 Å². The van der Waals surface area contributed by atoms with Gasteiger partial charge in [-0.3, -0.25) is 9.20 Å². The number of aromatic nitrogens is 4. The van der Waals surface area contributed by atoms with E-state index >= 15 is 0 Å². The Morgan fingerprint density at radius 3 is 2.55 bits per heavy atom. The number of halogens is 1. The van der Waals surface area contributed by atoms with Crippen LogP contribution in [0.5, 0.6) is 5.75 Å². The SMILES string of the molecule is Cc1ccccc1-n1c(=O)c2ccccc2n2c(SCCCOc3ccc(F)cc3)nnc12. The molecular weight excluding hydrogens is 439 g/mol. The lowest BCUT2D eigenvalue weighted by Crippen LogP contribution is -2.22. The maximum atomic E-state index is 13.4. The molecule has 5 rings (SSSR count). The van der Waals surface area contributed by atoms with Crippen molar-refractivity contribution in [1.82, 2.24) is 19.2 Å². The highest BCUT2D eigenvalue weighted by Crippen LogP contribution is 2.24. The Morgan fingerprint density at radius 2 is 1.73 bits per heavy atom. The molecule has 0 aliphatic heterocycles. The third kappa shape index (κ3) is 4.09. The van der Waals surface area contributed by atoms with E-state index < -0.39 is 0 Å². The standard InChI is InChI=1S/C25H21FN4O2S/c1-17-7-2-4-9-21(17)29-23(31)20-8-3-5-10-22(20)30-24(29)27-28-25(30)33-16-6-15-32-19-13-11-18(26)12-14-19/h2-5,7-14H,6,15-16H2,1H3. The summed E-state index contributed by atoms with van der Waals surface area (Å²) in [4.78, 5) is 13.4. The normalized spacial score (nSPS) is 11.3. The topological polar surface area (TPSA) is 61.4 Å². The Kier molecular flexibility index (Phi) is 5.83. The molecule has 0 radical (unpaired) electrons. The number of benzene rings is 3. The van der Waals surface area contributed by atoms with Gasteiger partial charge in [0.15, 0.2) is 5.16 Å². The van der Waals surface area contributed by atoms with E-state index in [-0.39, 0.29) is 11.4 Å². The third-order valence-corrected chi connectivity index (χ3v) is 6.37. The van der Waals surface area contributed by atoms with Gasteiger partial charge in [-0.25, -0.2) is 8.96 Å². The second-order valence-corrected chi connectivity index (χ2v) is 8.63. The van der Waals surface area contributed by atoms with Gasteiger partial charge in [0.2, 0.25) is 5.78 Å². The Morgan fingerprint density at radius 1 is 0.970 bits per heavy atom. The van der Waals surface area contributed by atoms with Crippen LogP contribution in [0.25, 0.3) is 22.4 Å². The van der Waals surface area contributed by atoms with Crippen LogP contribution < -0.4 is 10.3 Å². The van der Waals surface area contributed by atoms with Crippen LogP contribution in [0.15, 0.2) is 82.7 Å². The van der Waals surface area contributed by atoms with E-state index in [0.29, 0.717) is 28.7 Å². The first-order chi connectivity index (χ1) is 16.1. The average molecular weight is 461 g/mol. The second kappa shape index (κ2) is 9.07. The van der Waals surface area contributed by atoms with Gasteiger partial charge in [-0.15, -0.1) is 10.2 Å². The van der Waals surface area contributed by atoms with E-state index in [2.05, 4.69) is 10.2 Å². The molecule has 0 aliphatic rings. The molecule has 0 bridgehead atoms. The fourth-order valence-corrected chi connectivity index (χ4v) is 4.60. The summed E-state index contributed by atoms with van der Waals surface area (Å²) in [6, 6.07) is 21.3. The lowest BCUT2D eigenvalue weighted by molar-refractivity contribution is 0.318. The molecule has 6 nitrogen and oxygen atoms in total. The molecule has 0 amide bonds. The molecule has 2 heterocycles. The number of aryl methyl sites for hydroxylation is 1. The molecule has 0 saturated carbocycles. The number of para-hydroxylation sites is 2. The molecule has 0 saturated heterocycles. The van der Waals surface area contributed by atoms with E-state index in [1.165, 1.54) is 12.1 Å². The lowest BCUT2D eigenvalue weighted by Gasteiger charge is -2.13. The van der Waals surface area contributed by atoms with E-state index in [1.54, 1.807) is 28.5 Å². The maximum absolute atomic E-state index is 13.4. The molecule has 2 aromatic heterocycles. The van der Waals surface area contributed by atoms with Gasteiger partial charge in [0.1, 0.15) is 11.6 Å². The average Bonchev–Trinajstić information content (AvgIpc) is 3.25. The molecule has 33 heavy (non-hydrogen) atoms. The van der Waals surface area contributed by atoms with Crippen molar-refractivity contribution in [2.75, 3.05) is 12.4 Å². The highest BCUT2D eigenvalue weighted by molar-refractivity contribution is 7.99. The zero-order chi connectivity index (χ0) is 22.8. The lowest BCUT2D eigenvalue weighted by atomic mass is 10.2. The van der Waals surface area contributed by atoms with Crippen LogP contribution in [0.1, 0.15) is 12.0 Å². The Bertz CT molecular complexity index is 1490. The monoisotopic (exact) mass is 460 g/mol. The number of fused-ring (bicyclic) bond motifs is 3. The van der Waals surface area contributed by atoms with Crippen LogP contribution >= 0.6 is 11.8 Å². The summed E-state index contributed by atoms with van der Waals surface area (Å²) < 4.78 is 22.3. The van der Waals surface area contributed by atoms with Gasteiger partial charge in [0, 0.05) is 5.75 Å². The summed E-state index contributed by atoms with van der Waals surface area (Å²) in [5.41, 5.74) is 2.42. The minimum atomic E-state index is -0.284. The minimum absolute atomic E-state index is 0.121. The predicted molar refractivity (Wildman–Crippen MR) is 128 cm³/mol. The van der Waals surface area contributed by atoms with Crippen LogP contribution in [0.4, 0.5) is 4.39 Å². The van der Waals surface area contributed by atoms with Crippen molar-refractivity contribution in [2.24, 2.45) is 0 Å². The zero-order valence-corrected chi connectivity index (χ0v) is 18.8. The fraction of sp³-hybridized carbons (Fsp3) is 0.160. The second-order valence-electron chi connectivity index (χ2n) is 7.57. The van der Waals surface area contributed by atoms with Crippen molar-refractivity contribution in [1.29, 1.82) is 0 Å².